The largest absolute Gasteiger partial charge is 0.374 e. The van der Waals surface area contributed by atoms with Gasteiger partial charge in [0.25, 0.3) is 0 Å². The van der Waals surface area contributed by atoms with Gasteiger partial charge in [0.05, 0.1) is 6.54 Å². The van der Waals surface area contributed by atoms with Crippen molar-refractivity contribution >= 4 is 41.3 Å². The minimum atomic E-state index is 0. The van der Waals surface area contributed by atoms with Crippen molar-refractivity contribution in [2.24, 2.45) is 10.7 Å². The monoisotopic (exact) mass is 450 g/mol. The van der Waals surface area contributed by atoms with Crippen LogP contribution in [0.3, 0.4) is 0 Å². The van der Waals surface area contributed by atoms with Gasteiger partial charge >= 0.3 is 0 Å². The Labute approximate surface area is 167 Å². The van der Waals surface area contributed by atoms with E-state index in [0.717, 1.165) is 18.7 Å². The molecular formula is C20H27IN4. The number of benzene rings is 2. The molecule has 0 saturated heterocycles. The van der Waals surface area contributed by atoms with Crippen LogP contribution in [0.5, 0.6) is 0 Å². The molecule has 3 N–H and O–H groups in total. The Hall–Kier alpha value is -1.76. The van der Waals surface area contributed by atoms with E-state index >= 15 is 0 Å². The van der Waals surface area contributed by atoms with Gasteiger partial charge in [0.15, 0.2) is 5.96 Å². The number of halogens is 1. The number of fused-ring (bicyclic) bond motifs is 1. The molecule has 0 amide bonds. The summed E-state index contributed by atoms with van der Waals surface area (Å²) in [6.07, 6.45) is 2.36. The molecule has 2 aromatic carbocycles. The van der Waals surface area contributed by atoms with Crippen molar-refractivity contribution in [3.63, 3.8) is 0 Å². The minimum Gasteiger partial charge on any atom is -0.374 e. The van der Waals surface area contributed by atoms with Crippen LogP contribution in [0.25, 0.3) is 0 Å². The van der Waals surface area contributed by atoms with Gasteiger partial charge in [-0.05, 0) is 67.1 Å². The number of rotatable bonds is 3. The van der Waals surface area contributed by atoms with Gasteiger partial charge in [-0.25, -0.2) is 4.99 Å². The molecule has 2 aromatic rings. The number of hydrogen-bond acceptors (Lipinski definition) is 2. The molecule has 0 fully saturated rings. The summed E-state index contributed by atoms with van der Waals surface area (Å²) in [6.45, 7) is 5.89. The summed E-state index contributed by atoms with van der Waals surface area (Å²) >= 11 is 0. The fraction of sp³-hybridized carbons (Fsp3) is 0.350. The first kappa shape index (κ1) is 19.6. The number of guanidine groups is 1. The average Bonchev–Trinajstić information content (AvgIpc) is 2.52. The highest BCUT2D eigenvalue weighted by molar-refractivity contribution is 14.0. The van der Waals surface area contributed by atoms with Crippen molar-refractivity contribution in [1.82, 2.24) is 0 Å². The zero-order valence-corrected chi connectivity index (χ0v) is 17.5. The summed E-state index contributed by atoms with van der Waals surface area (Å²) in [4.78, 5) is 6.81. The number of nitrogens with one attached hydrogen (secondary N) is 1. The predicted octanol–water partition coefficient (Wildman–Crippen LogP) is 4.23. The van der Waals surface area contributed by atoms with Gasteiger partial charge in [-0.2, -0.15) is 0 Å². The molecule has 1 heterocycles. The third kappa shape index (κ3) is 5.11. The highest BCUT2D eigenvalue weighted by Crippen LogP contribution is 2.27. The number of nitrogens with zero attached hydrogens (tertiary/aromatic N) is 2. The lowest BCUT2D eigenvalue weighted by Gasteiger charge is -2.27. The summed E-state index contributed by atoms with van der Waals surface area (Å²) in [5, 5.41) is 3.18. The zero-order chi connectivity index (χ0) is 17.1. The topological polar surface area (TPSA) is 53.6 Å². The van der Waals surface area contributed by atoms with Crippen LogP contribution in [-0.2, 0) is 13.0 Å². The Morgan fingerprint density at radius 3 is 2.60 bits per heavy atom. The molecule has 0 radical (unpaired) electrons. The van der Waals surface area contributed by atoms with Gasteiger partial charge in [-0.1, -0.05) is 18.2 Å². The summed E-state index contributed by atoms with van der Waals surface area (Å²) in [5.74, 6) is 0.454. The molecule has 1 aliphatic rings. The number of hydrogen-bond donors (Lipinski definition) is 2. The second kappa shape index (κ2) is 8.56. The van der Waals surface area contributed by atoms with E-state index in [-0.39, 0.29) is 24.0 Å². The van der Waals surface area contributed by atoms with Gasteiger partial charge in [-0.15, -0.1) is 24.0 Å². The van der Waals surface area contributed by atoms with Crippen LogP contribution in [0.1, 0.15) is 28.7 Å². The van der Waals surface area contributed by atoms with Crippen LogP contribution in [-0.4, -0.2) is 19.6 Å². The molecule has 0 aliphatic carbocycles. The summed E-state index contributed by atoms with van der Waals surface area (Å²) in [7, 11) is 2.15. The van der Waals surface area contributed by atoms with Crippen molar-refractivity contribution < 1.29 is 0 Å². The Bertz CT molecular complexity index is 750. The number of aryl methyl sites for hydroxylation is 3. The molecule has 3 rings (SSSR count). The van der Waals surface area contributed by atoms with Gasteiger partial charge in [0, 0.05) is 25.0 Å². The summed E-state index contributed by atoms with van der Waals surface area (Å²) < 4.78 is 0. The lowest BCUT2D eigenvalue weighted by molar-refractivity contribution is 0.743. The number of anilines is 2. The van der Waals surface area contributed by atoms with Gasteiger partial charge < -0.3 is 16.0 Å². The molecule has 134 valence electrons. The van der Waals surface area contributed by atoms with E-state index in [4.69, 9.17) is 5.73 Å². The van der Waals surface area contributed by atoms with Crippen LogP contribution < -0.4 is 16.0 Å². The molecule has 0 aromatic heterocycles. The lowest BCUT2D eigenvalue weighted by Crippen LogP contribution is -2.24. The van der Waals surface area contributed by atoms with Crippen molar-refractivity contribution in [3.05, 3.63) is 58.7 Å². The molecule has 0 atom stereocenters. The number of aliphatic imine (C=N–C) groups is 1. The highest BCUT2D eigenvalue weighted by Gasteiger charge is 2.13. The third-order valence-electron chi connectivity index (χ3n) is 4.42. The SMILES string of the molecule is Cc1cc(C)cc(NC(N)=NCc2ccc3c(c2)CCCN3C)c1.I. The molecule has 25 heavy (non-hydrogen) atoms. The average molecular weight is 450 g/mol. The predicted molar refractivity (Wildman–Crippen MR) is 118 cm³/mol. The van der Waals surface area contributed by atoms with E-state index < -0.39 is 0 Å². The summed E-state index contributed by atoms with van der Waals surface area (Å²) in [6, 6.07) is 12.9. The van der Waals surface area contributed by atoms with Crippen molar-refractivity contribution in [2.45, 2.75) is 33.2 Å². The molecule has 1 aliphatic heterocycles. The fourth-order valence-electron chi connectivity index (χ4n) is 3.35. The van der Waals surface area contributed by atoms with Crippen molar-refractivity contribution in [1.29, 1.82) is 0 Å². The van der Waals surface area contributed by atoms with Gasteiger partial charge in [0.1, 0.15) is 0 Å². The molecule has 4 nitrogen and oxygen atoms in total. The van der Waals surface area contributed by atoms with E-state index in [1.54, 1.807) is 0 Å². The minimum absolute atomic E-state index is 0. The molecule has 5 heteroatoms. The van der Waals surface area contributed by atoms with E-state index in [9.17, 15) is 0 Å². The summed E-state index contributed by atoms with van der Waals surface area (Å²) in [5.41, 5.74) is 13.4. The smallest absolute Gasteiger partial charge is 0.193 e. The van der Waals surface area contributed by atoms with Crippen LogP contribution in [0.15, 0.2) is 41.4 Å². The van der Waals surface area contributed by atoms with Crippen LogP contribution >= 0.6 is 24.0 Å². The Morgan fingerprint density at radius 2 is 1.88 bits per heavy atom. The van der Waals surface area contributed by atoms with Crippen LogP contribution in [0.2, 0.25) is 0 Å². The van der Waals surface area contributed by atoms with Crippen LogP contribution in [0.4, 0.5) is 11.4 Å². The van der Waals surface area contributed by atoms with E-state index in [1.165, 1.54) is 34.4 Å². The number of nitrogens with two attached hydrogens (primary N) is 1. The standard InChI is InChI=1S/C20H26N4.HI/c1-14-9-15(2)11-18(10-14)23-20(21)22-13-16-6-7-19-17(12-16)5-4-8-24(19)3;/h6-7,9-12H,4-5,8,13H2,1-3H3,(H3,21,22,23);1H. The van der Waals surface area contributed by atoms with Gasteiger partial charge in [0.2, 0.25) is 0 Å². The molecule has 0 spiro atoms. The molecule has 0 unspecified atom stereocenters. The van der Waals surface area contributed by atoms with E-state index in [2.05, 4.69) is 72.5 Å². The first-order chi connectivity index (χ1) is 11.5. The van der Waals surface area contributed by atoms with Crippen molar-refractivity contribution in [2.75, 3.05) is 23.8 Å². The van der Waals surface area contributed by atoms with Gasteiger partial charge in [-0.3, -0.25) is 0 Å². The Kier molecular flexibility index (Phi) is 6.70. The molecule has 0 bridgehead atoms. The third-order valence-corrected chi connectivity index (χ3v) is 4.42. The maximum atomic E-state index is 6.04. The van der Waals surface area contributed by atoms with Crippen LogP contribution in [0, 0.1) is 13.8 Å². The quantitative estimate of drug-likeness (QED) is 0.418. The fourth-order valence-corrected chi connectivity index (χ4v) is 3.35. The molecular weight excluding hydrogens is 423 g/mol. The lowest BCUT2D eigenvalue weighted by atomic mass is 10.00. The maximum Gasteiger partial charge on any atom is 0.193 e. The first-order valence-electron chi connectivity index (χ1n) is 8.49. The Balaban J connectivity index is 0.00000225. The zero-order valence-electron chi connectivity index (χ0n) is 15.2. The first-order valence-corrected chi connectivity index (χ1v) is 8.49. The van der Waals surface area contributed by atoms with E-state index in [1.807, 2.05) is 0 Å². The normalized spacial score (nSPS) is 13.9. The van der Waals surface area contributed by atoms with Crippen molar-refractivity contribution in [3.8, 4) is 0 Å². The highest BCUT2D eigenvalue weighted by atomic mass is 127. The maximum absolute atomic E-state index is 6.04. The second-order valence-electron chi connectivity index (χ2n) is 6.69. The molecule has 0 saturated carbocycles. The Morgan fingerprint density at radius 1 is 1.16 bits per heavy atom. The van der Waals surface area contributed by atoms with E-state index in [0.29, 0.717) is 12.5 Å². The second-order valence-corrected chi connectivity index (χ2v) is 6.69.